The number of fused-ring (bicyclic) bond motifs is 1. The number of benzene rings is 2. The second-order valence-electron chi connectivity index (χ2n) is 8.06. The van der Waals surface area contributed by atoms with Crippen molar-refractivity contribution in [1.29, 1.82) is 0 Å². The third-order valence-electron chi connectivity index (χ3n) is 5.88. The summed E-state index contributed by atoms with van der Waals surface area (Å²) in [7, 11) is 0. The van der Waals surface area contributed by atoms with E-state index >= 15 is 0 Å². The largest absolute Gasteiger partial charge is 0.339 e. The average molecular weight is 390 g/mol. The molecule has 0 N–H and O–H groups in total. The van der Waals surface area contributed by atoms with Gasteiger partial charge < -0.3 is 4.90 Å². The SMILES string of the molecule is Cc1ccc(C)c(N2C(=O)c3ccc(C(=O)N4CCCCCCC4)cc3C2=O)c1. The van der Waals surface area contributed by atoms with Gasteiger partial charge in [-0.05, 0) is 62.1 Å². The van der Waals surface area contributed by atoms with Crippen molar-refractivity contribution in [2.45, 2.75) is 46.0 Å². The highest BCUT2D eigenvalue weighted by Crippen LogP contribution is 2.32. The van der Waals surface area contributed by atoms with E-state index in [1.54, 1.807) is 18.2 Å². The summed E-state index contributed by atoms with van der Waals surface area (Å²) in [6.45, 7) is 5.31. The fourth-order valence-corrected chi connectivity index (χ4v) is 4.19. The van der Waals surface area contributed by atoms with E-state index in [-0.39, 0.29) is 17.7 Å². The minimum absolute atomic E-state index is 0.0554. The summed E-state index contributed by atoms with van der Waals surface area (Å²) in [5.74, 6) is -0.745. The highest BCUT2D eigenvalue weighted by atomic mass is 16.2. The van der Waals surface area contributed by atoms with Crippen LogP contribution in [0.15, 0.2) is 36.4 Å². The molecule has 2 aromatic carbocycles. The Balaban J connectivity index is 1.65. The van der Waals surface area contributed by atoms with Gasteiger partial charge in [0.2, 0.25) is 0 Å². The molecule has 5 nitrogen and oxygen atoms in total. The van der Waals surface area contributed by atoms with Gasteiger partial charge in [-0.3, -0.25) is 14.4 Å². The first kappa shape index (κ1) is 19.4. The molecule has 0 atom stereocenters. The van der Waals surface area contributed by atoms with Crippen LogP contribution in [-0.4, -0.2) is 35.7 Å². The molecule has 0 spiro atoms. The molecular weight excluding hydrogens is 364 g/mol. The fraction of sp³-hybridized carbons (Fsp3) is 0.375. The van der Waals surface area contributed by atoms with Crippen LogP contribution in [0.25, 0.3) is 0 Å². The molecule has 29 heavy (non-hydrogen) atoms. The Morgan fingerprint density at radius 1 is 0.793 bits per heavy atom. The van der Waals surface area contributed by atoms with Crippen molar-refractivity contribution in [1.82, 2.24) is 4.90 Å². The summed E-state index contributed by atoms with van der Waals surface area (Å²) >= 11 is 0. The van der Waals surface area contributed by atoms with Gasteiger partial charge in [-0.25, -0.2) is 4.90 Å². The highest BCUT2D eigenvalue weighted by Gasteiger charge is 2.38. The van der Waals surface area contributed by atoms with Gasteiger partial charge in [0.05, 0.1) is 16.8 Å². The molecule has 0 aromatic heterocycles. The molecule has 4 rings (SSSR count). The van der Waals surface area contributed by atoms with E-state index in [1.165, 1.54) is 11.3 Å². The van der Waals surface area contributed by atoms with Crippen LogP contribution in [0.2, 0.25) is 0 Å². The van der Waals surface area contributed by atoms with Gasteiger partial charge >= 0.3 is 0 Å². The van der Waals surface area contributed by atoms with Gasteiger partial charge in [0.25, 0.3) is 17.7 Å². The number of hydrogen-bond donors (Lipinski definition) is 0. The first-order valence-corrected chi connectivity index (χ1v) is 10.4. The maximum atomic E-state index is 13.1. The molecule has 0 radical (unpaired) electrons. The van der Waals surface area contributed by atoms with E-state index in [9.17, 15) is 14.4 Å². The van der Waals surface area contributed by atoms with Crippen molar-refractivity contribution < 1.29 is 14.4 Å². The van der Waals surface area contributed by atoms with E-state index in [2.05, 4.69) is 0 Å². The number of anilines is 1. The first-order chi connectivity index (χ1) is 14.0. The van der Waals surface area contributed by atoms with Gasteiger partial charge in [-0.2, -0.15) is 0 Å². The Kier molecular flexibility index (Phi) is 5.22. The minimum Gasteiger partial charge on any atom is -0.339 e. The molecular formula is C24H26N2O3. The van der Waals surface area contributed by atoms with Crippen LogP contribution in [-0.2, 0) is 0 Å². The Labute approximate surface area is 171 Å². The molecule has 1 fully saturated rings. The quantitative estimate of drug-likeness (QED) is 0.709. The van der Waals surface area contributed by atoms with E-state index in [0.29, 0.717) is 22.4 Å². The molecule has 2 heterocycles. The topological polar surface area (TPSA) is 57.7 Å². The lowest BCUT2D eigenvalue weighted by Crippen LogP contribution is -2.34. The molecule has 150 valence electrons. The van der Waals surface area contributed by atoms with Gasteiger partial charge in [-0.15, -0.1) is 0 Å². The average Bonchev–Trinajstić information content (AvgIpc) is 2.93. The lowest BCUT2D eigenvalue weighted by Gasteiger charge is -2.25. The predicted molar refractivity (Wildman–Crippen MR) is 112 cm³/mol. The minimum atomic E-state index is -0.360. The molecule has 0 unspecified atom stereocenters. The number of nitrogens with zero attached hydrogens (tertiary/aromatic N) is 2. The van der Waals surface area contributed by atoms with Crippen molar-refractivity contribution in [2.24, 2.45) is 0 Å². The maximum absolute atomic E-state index is 13.1. The van der Waals surface area contributed by atoms with Crippen molar-refractivity contribution in [2.75, 3.05) is 18.0 Å². The van der Waals surface area contributed by atoms with E-state index < -0.39 is 0 Å². The van der Waals surface area contributed by atoms with Crippen molar-refractivity contribution >= 4 is 23.4 Å². The van der Waals surface area contributed by atoms with Crippen LogP contribution in [0.5, 0.6) is 0 Å². The van der Waals surface area contributed by atoms with Crippen LogP contribution < -0.4 is 4.90 Å². The van der Waals surface area contributed by atoms with Crippen molar-refractivity contribution in [3.8, 4) is 0 Å². The molecule has 0 bridgehead atoms. The lowest BCUT2D eigenvalue weighted by atomic mass is 10.0. The maximum Gasteiger partial charge on any atom is 0.266 e. The van der Waals surface area contributed by atoms with Crippen molar-refractivity contribution in [3.05, 3.63) is 64.2 Å². The summed E-state index contributed by atoms with van der Waals surface area (Å²) in [5, 5.41) is 0. The number of carbonyl (C=O) groups excluding carboxylic acids is 3. The number of hydrogen-bond acceptors (Lipinski definition) is 3. The second-order valence-corrected chi connectivity index (χ2v) is 8.06. The molecule has 2 aliphatic heterocycles. The van der Waals surface area contributed by atoms with E-state index in [4.69, 9.17) is 0 Å². The van der Waals surface area contributed by atoms with Gasteiger partial charge in [-0.1, -0.05) is 31.4 Å². The number of amides is 3. The molecule has 5 heteroatoms. The molecule has 0 aliphatic carbocycles. The van der Waals surface area contributed by atoms with Crippen LogP contribution in [0.4, 0.5) is 5.69 Å². The number of likely N-dealkylation sites (tertiary alicyclic amines) is 1. The standard InChI is InChI=1S/C24H26N2O3/c1-16-8-9-17(2)21(14-16)26-23(28)19-11-10-18(15-20(19)24(26)29)22(27)25-12-6-4-3-5-7-13-25/h8-11,14-15H,3-7,12-13H2,1-2H3. The Morgan fingerprint density at radius 3 is 2.17 bits per heavy atom. The van der Waals surface area contributed by atoms with E-state index in [1.807, 2.05) is 36.9 Å². The van der Waals surface area contributed by atoms with Crippen LogP contribution in [0.1, 0.15) is 74.3 Å². The van der Waals surface area contributed by atoms with Gasteiger partial charge in [0.1, 0.15) is 0 Å². The van der Waals surface area contributed by atoms with Crippen LogP contribution in [0.3, 0.4) is 0 Å². The molecule has 2 aliphatic rings. The number of rotatable bonds is 2. The fourth-order valence-electron chi connectivity index (χ4n) is 4.19. The summed E-state index contributed by atoms with van der Waals surface area (Å²) < 4.78 is 0. The first-order valence-electron chi connectivity index (χ1n) is 10.4. The summed E-state index contributed by atoms with van der Waals surface area (Å²) in [5.41, 5.74) is 3.60. The zero-order valence-electron chi connectivity index (χ0n) is 17.0. The van der Waals surface area contributed by atoms with Gasteiger partial charge in [0.15, 0.2) is 0 Å². The second kappa shape index (κ2) is 7.82. The Morgan fingerprint density at radius 2 is 1.45 bits per heavy atom. The highest BCUT2D eigenvalue weighted by molar-refractivity contribution is 6.35. The lowest BCUT2D eigenvalue weighted by molar-refractivity contribution is 0.0742. The normalized spacial score (nSPS) is 17.2. The molecule has 2 aromatic rings. The number of aryl methyl sites for hydroxylation is 2. The zero-order chi connectivity index (χ0) is 20.5. The van der Waals surface area contributed by atoms with Crippen LogP contribution >= 0.6 is 0 Å². The third-order valence-corrected chi connectivity index (χ3v) is 5.88. The summed E-state index contributed by atoms with van der Waals surface area (Å²) in [4.78, 5) is 42.2. The van der Waals surface area contributed by atoms with E-state index in [0.717, 1.165) is 49.9 Å². The molecule has 1 saturated heterocycles. The predicted octanol–water partition coefficient (Wildman–Crippen LogP) is 4.51. The number of carbonyl (C=O) groups is 3. The van der Waals surface area contributed by atoms with Crippen molar-refractivity contribution in [3.63, 3.8) is 0 Å². The van der Waals surface area contributed by atoms with Crippen LogP contribution in [0, 0.1) is 13.8 Å². The Hall–Kier alpha value is -2.95. The molecule has 3 amide bonds. The number of imide groups is 1. The summed E-state index contributed by atoms with van der Waals surface area (Å²) in [6, 6.07) is 10.6. The summed E-state index contributed by atoms with van der Waals surface area (Å²) in [6.07, 6.45) is 5.53. The monoisotopic (exact) mass is 390 g/mol. The Bertz CT molecular complexity index is 988. The smallest absolute Gasteiger partial charge is 0.266 e. The third kappa shape index (κ3) is 3.57. The molecule has 0 saturated carbocycles. The zero-order valence-corrected chi connectivity index (χ0v) is 17.0. The van der Waals surface area contributed by atoms with Gasteiger partial charge in [0, 0.05) is 18.7 Å².